The van der Waals surface area contributed by atoms with Crippen molar-refractivity contribution in [3.05, 3.63) is 64.7 Å². The van der Waals surface area contributed by atoms with Gasteiger partial charge in [0.2, 0.25) is 17.7 Å². The molecule has 0 aromatic heterocycles. The van der Waals surface area contributed by atoms with Gasteiger partial charge in [0.25, 0.3) is 0 Å². The zero-order valence-electron chi connectivity index (χ0n) is 23.2. The van der Waals surface area contributed by atoms with Crippen LogP contribution in [-0.4, -0.2) is 42.2 Å². The Labute approximate surface area is 232 Å². The summed E-state index contributed by atoms with van der Waals surface area (Å²) >= 11 is 0. The average Bonchev–Trinajstić information content (AvgIpc) is 3.24. The van der Waals surface area contributed by atoms with Crippen LogP contribution in [0.25, 0.3) is 0 Å². The summed E-state index contributed by atoms with van der Waals surface area (Å²) in [7, 11) is 1.43. The van der Waals surface area contributed by atoms with Crippen LogP contribution < -0.4 is 16.0 Å². The van der Waals surface area contributed by atoms with Gasteiger partial charge < -0.3 is 15.5 Å². The Hall–Kier alpha value is -3.82. The maximum Gasteiger partial charge on any atom is 0.321 e. The van der Waals surface area contributed by atoms with E-state index in [0.29, 0.717) is 31.4 Å². The molecule has 8 nitrogen and oxygen atoms in total. The van der Waals surface area contributed by atoms with Gasteiger partial charge in [-0.15, -0.1) is 0 Å². The largest absolute Gasteiger partial charge is 0.341 e. The highest BCUT2D eigenvalue weighted by Crippen LogP contribution is 2.39. The Morgan fingerprint density at radius 2 is 1.52 bits per heavy atom. The van der Waals surface area contributed by atoms with Crippen LogP contribution in [0.1, 0.15) is 62.6 Å². The molecule has 2 aromatic carbocycles. The van der Waals surface area contributed by atoms with Crippen LogP contribution in [0.5, 0.6) is 0 Å². The molecular weight excluding hydrogens is 518 g/mol. The van der Waals surface area contributed by atoms with Gasteiger partial charge in [-0.3, -0.25) is 19.7 Å². The molecule has 2 aromatic rings. The number of rotatable bonds is 7. The number of carbonyl (C=O) groups is 4. The van der Waals surface area contributed by atoms with E-state index in [4.69, 9.17) is 0 Å². The van der Waals surface area contributed by atoms with Gasteiger partial charge in [-0.1, -0.05) is 39.2 Å². The highest BCUT2D eigenvalue weighted by Gasteiger charge is 2.41. The van der Waals surface area contributed by atoms with E-state index >= 15 is 0 Å². The van der Waals surface area contributed by atoms with Crippen molar-refractivity contribution >= 4 is 29.4 Å². The molecule has 0 bridgehead atoms. The Morgan fingerprint density at radius 1 is 0.875 bits per heavy atom. The topological polar surface area (TPSA) is 108 Å². The van der Waals surface area contributed by atoms with E-state index in [2.05, 4.69) is 16.0 Å². The first-order valence-electron chi connectivity index (χ1n) is 13.6. The number of benzene rings is 2. The molecule has 2 aliphatic rings. The predicted octanol–water partition coefficient (Wildman–Crippen LogP) is 4.46. The molecule has 0 saturated heterocycles. The number of halogens is 2. The van der Waals surface area contributed by atoms with Gasteiger partial charge in [0.1, 0.15) is 18.2 Å². The van der Waals surface area contributed by atoms with E-state index < -0.39 is 34.4 Å². The minimum Gasteiger partial charge on any atom is -0.341 e. The number of imide groups is 1. The third kappa shape index (κ3) is 6.66. The fourth-order valence-electron chi connectivity index (χ4n) is 5.84. The number of hydrogen-bond donors (Lipinski definition) is 3. The lowest BCUT2D eigenvalue weighted by Crippen LogP contribution is -2.46. The first-order chi connectivity index (χ1) is 18.9. The van der Waals surface area contributed by atoms with Crippen molar-refractivity contribution in [2.45, 2.75) is 65.3 Å². The van der Waals surface area contributed by atoms with Crippen molar-refractivity contribution < 1.29 is 28.0 Å². The van der Waals surface area contributed by atoms with Crippen LogP contribution in [0.2, 0.25) is 0 Å². The van der Waals surface area contributed by atoms with E-state index in [-0.39, 0.29) is 30.5 Å². The quantitative estimate of drug-likeness (QED) is 0.470. The van der Waals surface area contributed by atoms with Gasteiger partial charge in [-0.25, -0.2) is 13.6 Å². The molecule has 214 valence electrons. The summed E-state index contributed by atoms with van der Waals surface area (Å²) in [6.45, 7) is 3.30. The minimum atomic E-state index is -0.809. The number of nitrogens with zero attached hydrogens (tertiary/aromatic N) is 1. The zero-order valence-corrected chi connectivity index (χ0v) is 23.2. The van der Waals surface area contributed by atoms with Crippen LogP contribution in [0.3, 0.4) is 0 Å². The van der Waals surface area contributed by atoms with Crippen molar-refractivity contribution in [2.24, 2.45) is 10.8 Å². The van der Waals surface area contributed by atoms with Gasteiger partial charge in [0, 0.05) is 30.8 Å². The third-order valence-corrected chi connectivity index (χ3v) is 8.04. The monoisotopic (exact) mass is 554 g/mol. The number of anilines is 1. The summed E-state index contributed by atoms with van der Waals surface area (Å²) in [5.41, 5.74) is 1.15. The lowest BCUT2D eigenvalue weighted by atomic mass is 9.74. The van der Waals surface area contributed by atoms with Crippen molar-refractivity contribution in [1.82, 2.24) is 15.5 Å². The molecule has 0 radical (unpaired) electrons. The highest BCUT2D eigenvalue weighted by atomic mass is 19.1. The van der Waals surface area contributed by atoms with E-state index in [9.17, 15) is 28.0 Å². The fourth-order valence-corrected chi connectivity index (χ4v) is 5.84. The molecule has 1 fully saturated rings. The first kappa shape index (κ1) is 29.2. The van der Waals surface area contributed by atoms with Gasteiger partial charge in [-0.05, 0) is 66.6 Å². The summed E-state index contributed by atoms with van der Waals surface area (Å²) in [5.74, 6) is -2.52. The average molecular weight is 555 g/mol. The molecule has 3 N–H and O–H groups in total. The van der Waals surface area contributed by atoms with Crippen LogP contribution in [0.4, 0.5) is 19.3 Å². The predicted molar refractivity (Wildman–Crippen MR) is 146 cm³/mol. The highest BCUT2D eigenvalue weighted by molar-refractivity contribution is 5.98. The summed E-state index contributed by atoms with van der Waals surface area (Å²) in [6.07, 6.45) is 5.09. The maximum absolute atomic E-state index is 13.9. The number of fused-ring (bicyclic) bond motifs is 1. The Balaban J connectivity index is 1.48. The van der Waals surface area contributed by atoms with Crippen LogP contribution in [0, 0.1) is 22.5 Å². The molecule has 0 unspecified atom stereocenters. The van der Waals surface area contributed by atoms with Crippen LogP contribution in [0.15, 0.2) is 36.4 Å². The SMILES string of the molecule is CNC(=O)NC(=O)[C@]1(C)Cc2ccc(NC(=O)CN(Cc3cc(F)cc(F)c3)C(=O)C3(C)CCCCC3)cc2C1. The van der Waals surface area contributed by atoms with Gasteiger partial charge >= 0.3 is 6.03 Å². The summed E-state index contributed by atoms with van der Waals surface area (Å²) in [6, 6.07) is 7.90. The van der Waals surface area contributed by atoms with Gasteiger partial charge in [0.15, 0.2) is 0 Å². The van der Waals surface area contributed by atoms with E-state index in [1.165, 1.54) is 24.1 Å². The molecule has 40 heavy (non-hydrogen) atoms. The van der Waals surface area contributed by atoms with Crippen molar-refractivity contribution in [1.29, 1.82) is 0 Å². The Kier molecular flexibility index (Phi) is 8.56. The molecule has 1 saturated carbocycles. The molecule has 0 spiro atoms. The summed E-state index contributed by atoms with van der Waals surface area (Å²) in [5, 5.41) is 7.55. The van der Waals surface area contributed by atoms with Crippen molar-refractivity contribution in [3.63, 3.8) is 0 Å². The molecule has 10 heteroatoms. The summed E-state index contributed by atoms with van der Waals surface area (Å²) in [4.78, 5) is 52.5. The molecule has 0 aliphatic heterocycles. The Morgan fingerprint density at radius 3 is 2.17 bits per heavy atom. The van der Waals surface area contributed by atoms with Gasteiger partial charge in [-0.2, -0.15) is 0 Å². The third-order valence-electron chi connectivity index (χ3n) is 8.04. The van der Waals surface area contributed by atoms with E-state index in [1.54, 1.807) is 19.1 Å². The Bertz CT molecular complexity index is 1300. The zero-order chi connectivity index (χ0) is 29.1. The number of nitrogens with one attached hydrogen (secondary N) is 3. The number of amides is 5. The van der Waals surface area contributed by atoms with Crippen molar-refractivity contribution in [2.75, 3.05) is 18.9 Å². The number of hydrogen-bond acceptors (Lipinski definition) is 4. The van der Waals surface area contributed by atoms with E-state index in [0.717, 1.165) is 36.5 Å². The lowest BCUT2D eigenvalue weighted by Gasteiger charge is -2.37. The summed E-state index contributed by atoms with van der Waals surface area (Å²) < 4.78 is 27.8. The molecular formula is C30H36F2N4O4. The molecule has 0 heterocycles. The second kappa shape index (κ2) is 11.7. The second-order valence-corrected chi connectivity index (χ2v) is 11.5. The van der Waals surface area contributed by atoms with Gasteiger partial charge in [0.05, 0.1) is 5.41 Å². The van der Waals surface area contributed by atoms with E-state index in [1.807, 2.05) is 13.0 Å². The normalized spacial score (nSPS) is 19.3. The minimum absolute atomic E-state index is 0.0977. The molecule has 4 rings (SSSR count). The maximum atomic E-state index is 13.9. The second-order valence-electron chi connectivity index (χ2n) is 11.5. The fraction of sp³-hybridized carbons (Fsp3) is 0.467. The standard InChI is InChI=1S/C30H36F2N4O4/c1-29(9-5-4-6-10-29)27(39)36(17-19-11-22(31)14-23(32)12-19)18-25(37)34-24-8-7-20-15-30(2,16-21(20)13-24)26(38)35-28(40)33-3/h7-8,11-14H,4-6,9-10,15-18H2,1-3H3,(H,34,37)(H2,33,35,38,40)/t30-/m1/s1. The van der Waals surface area contributed by atoms with Crippen LogP contribution in [-0.2, 0) is 33.8 Å². The first-order valence-corrected chi connectivity index (χ1v) is 13.6. The van der Waals surface area contributed by atoms with Crippen molar-refractivity contribution in [3.8, 4) is 0 Å². The molecule has 2 aliphatic carbocycles. The molecule has 1 atom stereocenters. The smallest absolute Gasteiger partial charge is 0.321 e. The van der Waals surface area contributed by atoms with Crippen LogP contribution >= 0.6 is 0 Å². The molecule has 5 amide bonds. The number of carbonyl (C=O) groups excluding carboxylic acids is 4. The number of urea groups is 1. The lowest BCUT2D eigenvalue weighted by molar-refractivity contribution is -0.145.